The van der Waals surface area contributed by atoms with Gasteiger partial charge < -0.3 is 19.5 Å². The molecule has 0 fully saturated rings. The first-order chi connectivity index (χ1) is 14.4. The highest BCUT2D eigenvalue weighted by atomic mass is 35.5. The van der Waals surface area contributed by atoms with Crippen LogP contribution < -0.4 is 25.1 Å². The largest absolute Gasteiger partial charge is 0.495 e. The minimum absolute atomic E-state index is 0.282. The third kappa shape index (κ3) is 4.72. The van der Waals surface area contributed by atoms with E-state index in [1.54, 1.807) is 49.6 Å². The number of nitrogens with zero attached hydrogens (tertiary/aromatic N) is 2. The highest BCUT2D eigenvalue weighted by Crippen LogP contribution is 2.31. The van der Waals surface area contributed by atoms with Gasteiger partial charge in [-0.25, -0.2) is 4.68 Å². The monoisotopic (exact) mass is 429 g/mol. The van der Waals surface area contributed by atoms with Crippen LogP contribution in [-0.4, -0.2) is 37.0 Å². The van der Waals surface area contributed by atoms with Crippen molar-refractivity contribution >= 4 is 23.2 Å². The first kappa shape index (κ1) is 21.2. The van der Waals surface area contributed by atoms with E-state index in [2.05, 4.69) is 10.4 Å². The summed E-state index contributed by atoms with van der Waals surface area (Å²) in [4.78, 5) is 24.7. The van der Waals surface area contributed by atoms with Crippen LogP contribution in [0.15, 0.2) is 53.3 Å². The zero-order chi connectivity index (χ0) is 21.7. The number of halogens is 1. The minimum Gasteiger partial charge on any atom is -0.495 e. The van der Waals surface area contributed by atoms with Crippen LogP contribution in [0.4, 0.5) is 5.69 Å². The SMILES string of the molecule is COc1ccc(Cl)cc1NC(=O)Cn1nc(-c2ccc(OC)c(OC)c2)ccc1=O. The molecule has 0 unspecified atom stereocenters. The Hall–Kier alpha value is -3.52. The molecular weight excluding hydrogens is 410 g/mol. The first-order valence-electron chi connectivity index (χ1n) is 8.89. The smallest absolute Gasteiger partial charge is 0.267 e. The summed E-state index contributed by atoms with van der Waals surface area (Å²) in [7, 11) is 4.56. The Bertz CT molecular complexity index is 1130. The van der Waals surface area contributed by atoms with Gasteiger partial charge in [0.2, 0.25) is 5.91 Å². The summed E-state index contributed by atoms with van der Waals surface area (Å²) in [6.45, 7) is -0.282. The van der Waals surface area contributed by atoms with Crippen LogP contribution in [-0.2, 0) is 11.3 Å². The minimum atomic E-state index is -0.449. The molecule has 0 saturated carbocycles. The summed E-state index contributed by atoms with van der Waals surface area (Å²) < 4.78 is 16.8. The van der Waals surface area contributed by atoms with Gasteiger partial charge in [0.25, 0.3) is 5.56 Å². The normalized spacial score (nSPS) is 10.4. The number of aromatic nitrogens is 2. The van der Waals surface area contributed by atoms with Crippen molar-refractivity contribution in [2.45, 2.75) is 6.54 Å². The second-order valence-electron chi connectivity index (χ2n) is 6.18. The van der Waals surface area contributed by atoms with Gasteiger partial charge in [0.05, 0.1) is 32.7 Å². The third-order valence-electron chi connectivity index (χ3n) is 4.27. The summed E-state index contributed by atoms with van der Waals surface area (Å²) >= 11 is 5.98. The van der Waals surface area contributed by atoms with E-state index in [1.807, 2.05) is 0 Å². The molecular formula is C21H20ClN3O5. The van der Waals surface area contributed by atoms with E-state index < -0.39 is 11.5 Å². The molecule has 1 heterocycles. The molecule has 0 aliphatic carbocycles. The lowest BCUT2D eigenvalue weighted by Gasteiger charge is -2.12. The number of nitrogens with one attached hydrogen (secondary N) is 1. The van der Waals surface area contributed by atoms with Crippen LogP contribution in [0.5, 0.6) is 17.2 Å². The van der Waals surface area contributed by atoms with E-state index in [1.165, 1.54) is 20.3 Å². The zero-order valence-electron chi connectivity index (χ0n) is 16.6. The number of methoxy groups -OCH3 is 3. The van der Waals surface area contributed by atoms with Crippen molar-refractivity contribution in [3.8, 4) is 28.5 Å². The Morgan fingerprint density at radius 2 is 1.67 bits per heavy atom. The molecule has 8 nitrogen and oxygen atoms in total. The van der Waals surface area contributed by atoms with Gasteiger partial charge in [-0.2, -0.15) is 5.10 Å². The van der Waals surface area contributed by atoms with Crippen LogP contribution in [0.25, 0.3) is 11.3 Å². The fraction of sp³-hybridized carbons (Fsp3) is 0.190. The third-order valence-corrected chi connectivity index (χ3v) is 4.51. The highest BCUT2D eigenvalue weighted by Gasteiger charge is 2.13. The second kappa shape index (κ2) is 9.32. The number of rotatable bonds is 7. The highest BCUT2D eigenvalue weighted by molar-refractivity contribution is 6.31. The zero-order valence-corrected chi connectivity index (χ0v) is 17.4. The van der Waals surface area contributed by atoms with Crippen molar-refractivity contribution in [1.29, 1.82) is 0 Å². The number of amides is 1. The molecule has 1 aromatic heterocycles. The molecule has 30 heavy (non-hydrogen) atoms. The first-order valence-corrected chi connectivity index (χ1v) is 9.27. The fourth-order valence-corrected chi connectivity index (χ4v) is 2.99. The summed E-state index contributed by atoms with van der Waals surface area (Å²) in [5.74, 6) is 1.10. The Balaban J connectivity index is 1.85. The van der Waals surface area contributed by atoms with Gasteiger partial charge in [-0.1, -0.05) is 11.6 Å². The number of hydrogen-bond donors (Lipinski definition) is 1. The molecule has 0 bridgehead atoms. The molecule has 0 aliphatic heterocycles. The Labute approximate surface area is 178 Å². The predicted molar refractivity (Wildman–Crippen MR) is 114 cm³/mol. The lowest BCUT2D eigenvalue weighted by atomic mass is 10.1. The van der Waals surface area contributed by atoms with Crippen molar-refractivity contribution in [1.82, 2.24) is 9.78 Å². The average molecular weight is 430 g/mol. The lowest BCUT2D eigenvalue weighted by Crippen LogP contribution is -2.29. The maximum absolute atomic E-state index is 12.5. The standard InChI is InChI=1S/C21H20ClN3O5/c1-28-17-8-5-14(22)11-16(17)23-20(26)12-25-21(27)9-6-15(24-25)13-4-7-18(29-2)19(10-13)30-3/h4-11H,12H2,1-3H3,(H,23,26). The fourth-order valence-electron chi connectivity index (χ4n) is 2.82. The Kier molecular flexibility index (Phi) is 6.58. The molecule has 0 saturated heterocycles. The molecule has 3 rings (SSSR count). The Morgan fingerprint density at radius 3 is 2.37 bits per heavy atom. The number of carbonyl (C=O) groups is 1. The van der Waals surface area contributed by atoms with Gasteiger partial charge in [-0.3, -0.25) is 9.59 Å². The molecule has 0 radical (unpaired) electrons. The lowest BCUT2D eigenvalue weighted by molar-refractivity contribution is -0.117. The van der Waals surface area contributed by atoms with Crippen molar-refractivity contribution in [2.75, 3.05) is 26.6 Å². The maximum atomic E-state index is 12.5. The van der Waals surface area contributed by atoms with Gasteiger partial charge in [0.15, 0.2) is 11.5 Å². The molecule has 156 valence electrons. The number of anilines is 1. The summed E-state index contributed by atoms with van der Waals surface area (Å²) in [5.41, 5.74) is 1.20. The van der Waals surface area contributed by atoms with E-state index in [0.717, 1.165) is 4.68 Å². The van der Waals surface area contributed by atoms with Gasteiger partial charge in [0, 0.05) is 16.7 Å². The van der Waals surface area contributed by atoms with Gasteiger partial charge in [0.1, 0.15) is 12.3 Å². The predicted octanol–water partition coefficient (Wildman–Crippen LogP) is 3.23. The van der Waals surface area contributed by atoms with Gasteiger partial charge in [-0.05, 0) is 42.5 Å². The van der Waals surface area contributed by atoms with E-state index in [0.29, 0.717) is 39.2 Å². The van der Waals surface area contributed by atoms with Crippen LogP contribution in [0.3, 0.4) is 0 Å². The maximum Gasteiger partial charge on any atom is 0.267 e. The second-order valence-corrected chi connectivity index (χ2v) is 6.61. The molecule has 9 heteroatoms. The topological polar surface area (TPSA) is 91.7 Å². The quantitative estimate of drug-likeness (QED) is 0.620. The average Bonchev–Trinajstić information content (AvgIpc) is 2.75. The summed E-state index contributed by atoms with van der Waals surface area (Å²) in [6, 6.07) is 13.1. The van der Waals surface area contributed by atoms with E-state index in [4.69, 9.17) is 25.8 Å². The molecule has 0 atom stereocenters. The van der Waals surface area contributed by atoms with E-state index >= 15 is 0 Å². The number of benzene rings is 2. The number of ether oxygens (including phenoxy) is 3. The van der Waals surface area contributed by atoms with Crippen molar-refractivity contribution in [2.24, 2.45) is 0 Å². The molecule has 3 aromatic rings. The molecule has 1 N–H and O–H groups in total. The van der Waals surface area contributed by atoms with Crippen molar-refractivity contribution in [3.63, 3.8) is 0 Å². The molecule has 0 aliphatic rings. The summed E-state index contributed by atoms with van der Waals surface area (Å²) in [6.07, 6.45) is 0. The van der Waals surface area contributed by atoms with E-state index in [-0.39, 0.29) is 6.54 Å². The molecule has 1 amide bonds. The van der Waals surface area contributed by atoms with Gasteiger partial charge in [-0.15, -0.1) is 0 Å². The Morgan fingerprint density at radius 1 is 0.967 bits per heavy atom. The van der Waals surface area contributed by atoms with Crippen molar-refractivity contribution in [3.05, 3.63) is 63.9 Å². The van der Waals surface area contributed by atoms with Gasteiger partial charge >= 0.3 is 0 Å². The van der Waals surface area contributed by atoms with Crippen LogP contribution in [0.1, 0.15) is 0 Å². The van der Waals surface area contributed by atoms with Crippen LogP contribution in [0.2, 0.25) is 5.02 Å². The molecule has 0 spiro atoms. The molecule has 2 aromatic carbocycles. The van der Waals surface area contributed by atoms with Crippen LogP contribution >= 0.6 is 11.6 Å². The summed E-state index contributed by atoms with van der Waals surface area (Å²) in [5, 5.41) is 7.43. The van der Waals surface area contributed by atoms with Crippen molar-refractivity contribution < 1.29 is 19.0 Å². The van der Waals surface area contributed by atoms with E-state index in [9.17, 15) is 9.59 Å². The van der Waals surface area contributed by atoms with Crippen LogP contribution in [0, 0.1) is 0 Å². The number of carbonyl (C=O) groups excluding carboxylic acids is 1. The number of hydrogen-bond acceptors (Lipinski definition) is 6.